The van der Waals surface area contributed by atoms with E-state index < -0.39 is 10.0 Å². The molecule has 2 rings (SSSR count). The predicted molar refractivity (Wildman–Crippen MR) is 87.1 cm³/mol. The van der Waals surface area contributed by atoms with Gasteiger partial charge in [-0.15, -0.1) is 0 Å². The second-order valence-electron chi connectivity index (χ2n) is 6.91. The SMILES string of the molecule is CC1CCC(C)N1C(C)C(=O)N(C)C1CCN(S(C)(=O)=O)C1. The summed E-state index contributed by atoms with van der Waals surface area (Å²) in [6.45, 7) is 7.24. The summed E-state index contributed by atoms with van der Waals surface area (Å²) >= 11 is 0. The summed E-state index contributed by atoms with van der Waals surface area (Å²) in [5, 5.41) is 0. The van der Waals surface area contributed by atoms with Crippen LogP contribution in [0, 0.1) is 0 Å². The molecule has 0 N–H and O–H groups in total. The first kappa shape index (κ1) is 17.7. The number of hydrogen-bond acceptors (Lipinski definition) is 4. The van der Waals surface area contributed by atoms with Crippen molar-refractivity contribution >= 4 is 15.9 Å². The van der Waals surface area contributed by atoms with E-state index in [1.807, 2.05) is 6.92 Å². The van der Waals surface area contributed by atoms with Gasteiger partial charge in [0.25, 0.3) is 0 Å². The molecule has 2 aliphatic heterocycles. The van der Waals surface area contributed by atoms with Crippen LogP contribution in [0.15, 0.2) is 0 Å². The molecule has 0 aromatic rings. The minimum atomic E-state index is -3.16. The summed E-state index contributed by atoms with van der Waals surface area (Å²) in [5.74, 6) is 0.0981. The van der Waals surface area contributed by atoms with Crippen molar-refractivity contribution in [3.8, 4) is 0 Å². The number of likely N-dealkylation sites (N-methyl/N-ethyl adjacent to an activating group) is 1. The van der Waals surface area contributed by atoms with E-state index >= 15 is 0 Å². The molecule has 22 heavy (non-hydrogen) atoms. The van der Waals surface area contributed by atoms with Crippen molar-refractivity contribution in [1.82, 2.24) is 14.1 Å². The lowest BCUT2D eigenvalue weighted by Crippen LogP contribution is -2.52. The van der Waals surface area contributed by atoms with Gasteiger partial charge in [-0.3, -0.25) is 9.69 Å². The Bertz CT molecular complexity index is 512. The molecule has 0 saturated carbocycles. The Balaban J connectivity index is 2.01. The largest absolute Gasteiger partial charge is 0.340 e. The monoisotopic (exact) mass is 331 g/mol. The zero-order valence-electron chi connectivity index (χ0n) is 14.3. The summed E-state index contributed by atoms with van der Waals surface area (Å²) in [4.78, 5) is 16.8. The van der Waals surface area contributed by atoms with E-state index in [1.54, 1.807) is 11.9 Å². The smallest absolute Gasteiger partial charge is 0.239 e. The van der Waals surface area contributed by atoms with E-state index in [1.165, 1.54) is 10.6 Å². The van der Waals surface area contributed by atoms with Gasteiger partial charge in [-0.1, -0.05) is 0 Å². The third-order valence-electron chi connectivity index (χ3n) is 5.32. The number of sulfonamides is 1. The number of amides is 1. The number of nitrogens with zero attached hydrogens (tertiary/aromatic N) is 3. The third kappa shape index (κ3) is 3.46. The van der Waals surface area contributed by atoms with Gasteiger partial charge in [0.15, 0.2) is 0 Å². The maximum absolute atomic E-state index is 12.8. The first-order chi connectivity index (χ1) is 10.1. The fourth-order valence-corrected chi connectivity index (χ4v) is 4.79. The van der Waals surface area contributed by atoms with Crippen LogP contribution < -0.4 is 0 Å². The first-order valence-corrected chi connectivity index (χ1v) is 9.97. The molecule has 128 valence electrons. The fourth-order valence-electron chi connectivity index (χ4n) is 3.91. The van der Waals surface area contributed by atoms with Crippen molar-refractivity contribution in [2.75, 3.05) is 26.4 Å². The number of carbonyl (C=O) groups is 1. The minimum absolute atomic E-state index is 0.0158. The Kier molecular flexibility index (Phi) is 5.19. The molecule has 0 aromatic carbocycles. The summed E-state index contributed by atoms with van der Waals surface area (Å²) in [6, 6.07) is 0.694. The standard InChI is InChI=1S/C15H29N3O3S/c1-11-6-7-12(2)18(11)13(3)15(19)16(4)14-8-9-17(10-14)22(5,20)21/h11-14H,6-10H2,1-5H3. The van der Waals surface area contributed by atoms with E-state index in [2.05, 4.69) is 18.7 Å². The molecule has 6 nitrogen and oxygen atoms in total. The Morgan fingerprint density at radius 1 is 1.18 bits per heavy atom. The lowest BCUT2D eigenvalue weighted by atomic mass is 10.1. The highest BCUT2D eigenvalue weighted by atomic mass is 32.2. The van der Waals surface area contributed by atoms with E-state index in [0.717, 1.165) is 12.8 Å². The van der Waals surface area contributed by atoms with E-state index in [9.17, 15) is 13.2 Å². The van der Waals surface area contributed by atoms with E-state index in [0.29, 0.717) is 31.6 Å². The maximum atomic E-state index is 12.8. The van der Waals surface area contributed by atoms with Gasteiger partial charge in [-0.25, -0.2) is 12.7 Å². The number of hydrogen-bond donors (Lipinski definition) is 0. The van der Waals surface area contributed by atoms with Crippen molar-refractivity contribution in [3.05, 3.63) is 0 Å². The Morgan fingerprint density at radius 2 is 1.73 bits per heavy atom. The Morgan fingerprint density at radius 3 is 2.18 bits per heavy atom. The van der Waals surface area contributed by atoms with Crippen molar-refractivity contribution < 1.29 is 13.2 Å². The summed E-state index contributed by atoms with van der Waals surface area (Å²) in [7, 11) is -1.36. The molecule has 2 aliphatic rings. The molecule has 2 heterocycles. The topological polar surface area (TPSA) is 60.9 Å². The lowest BCUT2D eigenvalue weighted by molar-refractivity contribution is -0.138. The van der Waals surface area contributed by atoms with Crippen LogP contribution >= 0.6 is 0 Å². The average molecular weight is 331 g/mol. The van der Waals surface area contributed by atoms with Crippen molar-refractivity contribution in [3.63, 3.8) is 0 Å². The van der Waals surface area contributed by atoms with Crippen LogP contribution in [0.5, 0.6) is 0 Å². The normalized spacial score (nSPS) is 32.3. The molecule has 1 amide bonds. The minimum Gasteiger partial charge on any atom is -0.340 e. The van der Waals surface area contributed by atoms with Crippen LogP contribution in [-0.4, -0.2) is 79.0 Å². The van der Waals surface area contributed by atoms with Crippen LogP contribution in [0.2, 0.25) is 0 Å². The lowest BCUT2D eigenvalue weighted by Gasteiger charge is -2.35. The van der Waals surface area contributed by atoms with Gasteiger partial charge < -0.3 is 4.90 Å². The summed E-state index contributed by atoms with van der Waals surface area (Å²) in [5.41, 5.74) is 0. The third-order valence-corrected chi connectivity index (χ3v) is 6.58. The van der Waals surface area contributed by atoms with Gasteiger partial charge in [0.05, 0.1) is 12.3 Å². The van der Waals surface area contributed by atoms with Crippen LogP contribution in [0.4, 0.5) is 0 Å². The highest BCUT2D eigenvalue weighted by Crippen LogP contribution is 2.27. The molecule has 4 unspecified atom stereocenters. The van der Waals surface area contributed by atoms with Gasteiger partial charge in [0.2, 0.25) is 15.9 Å². The Hall–Kier alpha value is -0.660. The molecular formula is C15H29N3O3S. The van der Waals surface area contributed by atoms with Gasteiger partial charge in [-0.2, -0.15) is 0 Å². The molecule has 4 atom stereocenters. The quantitative estimate of drug-likeness (QED) is 0.762. The van der Waals surface area contributed by atoms with Crippen molar-refractivity contribution in [2.24, 2.45) is 0 Å². The molecule has 2 saturated heterocycles. The number of carbonyl (C=O) groups excluding carboxylic acids is 1. The first-order valence-electron chi connectivity index (χ1n) is 8.12. The highest BCUT2D eigenvalue weighted by Gasteiger charge is 2.38. The van der Waals surface area contributed by atoms with Crippen LogP contribution in [0.25, 0.3) is 0 Å². The van der Waals surface area contributed by atoms with Crippen LogP contribution in [-0.2, 0) is 14.8 Å². The van der Waals surface area contributed by atoms with Gasteiger partial charge in [-0.05, 0) is 40.0 Å². The molecule has 0 aromatic heterocycles. The molecular weight excluding hydrogens is 302 g/mol. The molecule has 0 radical (unpaired) electrons. The summed E-state index contributed by atoms with van der Waals surface area (Å²) in [6.07, 6.45) is 4.21. The highest BCUT2D eigenvalue weighted by molar-refractivity contribution is 7.88. The van der Waals surface area contributed by atoms with Gasteiger partial charge in [0.1, 0.15) is 0 Å². The molecule has 2 fully saturated rings. The van der Waals surface area contributed by atoms with E-state index in [-0.39, 0.29) is 18.0 Å². The van der Waals surface area contributed by atoms with Crippen LogP contribution in [0.3, 0.4) is 0 Å². The number of rotatable bonds is 4. The number of likely N-dealkylation sites (tertiary alicyclic amines) is 1. The van der Waals surface area contributed by atoms with Crippen molar-refractivity contribution in [2.45, 2.75) is 64.2 Å². The Labute approximate surface area is 134 Å². The molecule has 0 bridgehead atoms. The van der Waals surface area contributed by atoms with Crippen molar-refractivity contribution in [1.29, 1.82) is 0 Å². The zero-order valence-corrected chi connectivity index (χ0v) is 15.1. The second-order valence-corrected chi connectivity index (χ2v) is 8.89. The fraction of sp³-hybridized carbons (Fsp3) is 0.933. The predicted octanol–water partition coefficient (Wildman–Crippen LogP) is 0.740. The summed E-state index contributed by atoms with van der Waals surface area (Å²) < 4.78 is 24.7. The van der Waals surface area contributed by atoms with E-state index in [4.69, 9.17) is 0 Å². The molecule has 0 aliphatic carbocycles. The average Bonchev–Trinajstić information content (AvgIpc) is 3.03. The van der Waals surface area contributed by atoms with Gasteiger partial charge in [0, 0.05) is 38.3 Å². The second kappa shape index (κ2) is 6.45. The zero-order chi connectivity index (χ0) is 16.7. The maximum Gasteiger partial charge on any atom is 0.239 e. The molecule has 0 spiro atoms. The van der Waals surface area contributed by atoms with Gasteiger partial charge >= 0.3 is 0 Å². The molecule has 7 heteroatoms. The van der Waals surface area contributed by atoms with Crippen LogP contribution in [0.1, 0.15) is 40.0 Å².